The van der Waals surface area contributed by atoms with E-state index in [4.69, 9.17) is 4.74 Å². The molecule has 4 heteroatoms. The Morgan fingerprint density at radius 3 is 2.30 bits per heavy atom. The van der Waals surface area contributed by atoms with E-state index in [0.717, 1.165) is 30.8 Å². The van der Waals surface area contributed by atoms with Crippen molar-refractivity contribution in [3.8, 4) is 5.75 Å². The summed E-state index contributed by atoms with van der Waals surface area (Å²) in [5, 5.41) is 3.24. The van der Waals surface area contributed by atoms with Crippen molar-refractivity contribution in [3.63, 3.8) is 0 Å². The topological polar surface area (TPSA) is 21.3 Å². The molecule has 20 heavy (non-hydrogen) atoms. The van der Waals surface area contributed by atoms with Gasteiger partial charge in [-0.1, -0.05) is 31.2 Å². The van der Waals surface area contributed by atoms with Gasteiger partial charge in [-0.15, -0.1) is 0 Å². The Labute approximate surface area is 117 Å². The predicted molar refractivity (Wildman–Crippen MR) is 74.5 cm³/mol. The third-order valence-corrected chi connectivity index (χ3v) is 2.90. The summed E-state index contributed by atoms with van der Waals surface area (Å²) in [5.41, 5.74) is 2.18. The van der Waals surface area contributed by atoms with Crippen LogP contribution in [-0.2, 0) is 13.2 Å². The average molecular weight is 277 g/mol. The molecule has 0 heterocycles. The number of ether oxygens (including phenoxy) is 1. The molecule has 0 unspecified atom stereocenters. The Balaban J connectivity index is 1.91. The Morgan fingerprint density at radius 1 is 0.950 bits per heavy atom. The fourth-order valence-corrected chi connectivity index (χ4v) is 1.76. The predicted octanol–water partition coefficient (Wildman–Crippen LogP) is 3.65. The van der Waals surface area contributed by atoms with E-state index in [9.17, 15) is 8.78 Å². The van der Waals surface area contributed by atoms with Crippen LogP contribution < -0.4 is 10.1 Å². The van der Waals surface area contributed by atoms with Crippen molar-refractivity contribution in [2.45, 2.75) is 20.1 Å². The lowest BCUT2D eigenvalue weighted by Crippen LogP contribution is -2.11. The maximum Gasteiger partial charge on any atom is 0.162 e. The van der Waals surface area contributed by atoms with Crippen LogP contribution >= 0.6 is 0 Å². The maximum absolute atomic E-state index is 13.0. The van der Waals surface area contributed by atoms with Gasteiger partial charge in [0.25, 0.3) is 0 Å². The highest BCUT2D eigenvalue weighted by Gasteiger charge is 2.03. The minimum atomic E-state index is -0.900. The molecular weight excluding hydrogens is 260 g/mol. The molecule has 106 valence electrons. The van der Waals surface area contributed by atoms with E-state index in [1.807, 2.05) is 24.3 Å². The van der Waals surface area contributed by atoms with Crippen molar-refractivity contribution in [3.05, 3.63) is 65.2 Å². The summed E-state index contributed by atoms with van der Waals surface area (Å²) in [6.45, 7) is 4.15. The van der Waals surface area contributed by atoms with E-state index in [0.29, 0.717) is 12.4 Å². The van der Waals surface area contributed by atoms with Crippen molar-refractivity contribution in [2.75, 3.05) is 6.54 Å². The van der Waals surface area contributed by atoms with Crippen molar-refractivity contribution in [1.29, 1.82) is 0 Å². The zero-order valence-corrected chi connectivity index (χ0v) is 11.3. The first-order valence-corrected chi connectivity index (χ1v) is 6.55. The van der Waals surface area contributed by atoms with Gasteiger partial charge < -0.3 is 10.1 Å². The largest absolute Gasteiger partial charge is 0.489 e. The molecule has 0 atom stereocenters. The first kappa shape index (κ1) is 14.5. The number of benzene rings is 2. The van der Waals surface area contributed by atoms with Gasteiger partial charge in [-0.2, -0.15) is 0 Å². The number of nitrogens with one attached hydrogen (secondary N) is 1. The fraction of sp³-hybridized carbons (Fsp3) is 0.250. The number of rotatable bonds is 6. The van der Waals surface area contributed by atoms with E-state index >= 15 is 0 Å². The van der Waals surface area contributed by atoms with Crippen LogP contribution in [0.25, 0.3) is 0 Å². The minimum absolute atomic E-state index is 0.320. The third-order valence-electron chi connectivity index (χ3n) is 2.90. The molecule has 2 aromatic rings. The molecule has 2 rings (SSSR count). The molecule has 0 aromatic heterocycles. The highest BCUT2D eigenvalue weighted by molar-refractivity contribution is 5.25. The molecule has 0 amide bonds. The van der Waals surface area contributed by atoms with Gasteiger partial charge in [0.05, 0.1) is 0 Å². The lowest BCUT2D eigenvalue weighted by Gasteiger charge is -2.08. The molecule has 0 saturated carbocycles. The number of hydrogen-bond donors (Lipinski definition) is 1. The standard InChI is InChI=1S/C16H17F2NO/c1-2-19-10-12-3-5-13(6-4-12)11-20-14-7-8-15(17)16(18)9-14/h3-9,19H,2,10-11H2,1H3. The summed E-state index contributed by atoms with van der Waals surface area (Å²) in [6.07, 6.45) is 0. The second kappa shape index (κ2) is 7.01. The molecule has 0 aliphatic carbocycles. The Hall–Kier alpha value is -1.94. The van der Waals surface area contributed by atoms with E-state index in [1.165, 1.54) is 11.6 Å². The molecular formula is C16H17F2NO. The Kier molecular flexibility index (Phi) is 5.07. The molecule has 2 aromatic carbocycles. The summed E-state index contributed by atoms with van der Waals surface area (Å²) < 4.78 is 31.2. The van der Waals surface area contributed by atoms with Crippen molar-refractivity contribution >= 4 is 0 Å². The number of halogens is 2. The van der Waals surface area contributed by atoms with Gasteiger partial charge in [-0.05, 0) is 29.8 Å². The van der Waals surface area contributed by atoms with Gasteiger partial charge in [0.1, 0.15) is 12.4 Å². The summed E-state index contributed by atoms with van der Waals surface area (Å²) in [7, 11) is 0. The minimum Gasteiger partial charge on any atom is -0.489 e. The van der Waals surface area contributed by atoms with E-state index < -0.39 is 11.6 Å². The van der Waals surface area contributed by atoms with Gasteiger partial charge in [0, 0.05) is 12.6 Å². The molecule has 1 N–H and O–H groups in total. The molecule has 0 bridgehead atoms. The van der Waals surface area contributed by atoms with E-state index in [-0.39, 0.29) is 0 Å². The van der Waals surface area contributed by atoms with Gasteiger partial charge in [-0.3, -0.25) is 0 Å². The van der Waals surface area contributed by atoms with E-state index in [1.54, 1.807) is 0 Å². The van der Waals surface area contributed by atoms with Gasteiger partial charge in [0.2, 0.25) is 0 Å². The summed E-state index contributed by atoms with van der Waals surface area (Å²) in [5.74, 6) is -1.45. The molecule has 2 nitrogen and oxygen atoms in total. The average Bonchev–Trinajstić information content (AvgIpc) is 2.47. The van der Waals surface area contributed by atoms with Gasteiger partial charge >= 0.3 is 0 Å². The smallest absolute Gasteiger partial charge is 0.162 e. The molecule has 0 fully saturated rings. The second-order valence-corrected chi connectivity index (χ2v) is 4.46. The second-order valence-electron chi connectivity index (χ2n) is 4.46. The lowest BCUT2D eigenvalue weighted by molar-refractivity contribution is 0.303. The monoisotopic (exact) mass is 277 g/mol. The SMILES string of the molecule is CCNCc1ccc(COc2ccc(F)c(F)c2)cc1. The van der Waals surface area contributed by atoms with Crippen LogP contribution in [0, 0.1) is 11.6 Å². The zero-order chi connectivity index (χ0) is 14.4. The van der Waals surface area contributed by atoms with Crippen LogP contribution in [0.2, 0.25) is 0 Å². The molecule has 0 aliphatic rings. The zero-order valence-electron chi connectivity index (χ0n) is 11.3. The molecule has 0 radical (unpaired) electrons. The highest BCUT2D eigenvalue weighted by Crippen LogP contribution is 2.17. The Morgan fingerprint density at radius 2 is 1.65 bits per heavy atom. The van der Waals surface area contributed by atoms with Crippen LogP contribution in [0.5, 0.6) is 5.75 Å². The normalized spacial score (nSPS) is 10.6. The lowest BCUT2D eigenvalue weighted by atomic mass is 10.1. The molecule has 0 saturated heterocycles. The van der Waals surface area contributed by atoms with Crippen molar-refractivity contribution in [2.24, 2.45) is 0 Å². The quantitative estimate of drug-likeness (QED) is 0.870. The number of hydrogen-bond acceptors (Lipinski definition) is 2. The van der Waals surface area contributed by atoms with Gasteiger partial charge in [0.15, 0.2) is 11.6 Å². The first-order valence-electron chi connectivity index (χ1n) is 6.55. The first-order chi connectivity index (χ1) is 9.69. The summed E-state index contributed by atoms with van der Waals surface area (Å²) in [4.78, 5) is 0. The van der Waals surface area contributed by atoms with Crippen LogP contribution in [-0.4, -0.2) is 6.54 Å². The molecule has 0 spiro atoms. The van der Waals surface area contributed by atoms with Crippen LogP contribution in [0.1, 0.15) is 18.1 Å². The maximum atomic E-state index is 13.0. The Bertz CT molecular complexity index is 555. The van der Waals surface area contributed by atoms with Crippen molar-refractivity contribution in [1.82, 2.24) is 5.32 Å². The van der Waals surface area contributed by atoms with E-state index in [2.05, 4.69) is 12.2 Å². The fourth-order valence-electron chi connectivity index (χ4n) is 1.76. The summed E-state index contributed by atoms with van der Waals surface area (Å²) in [6, 6.07) is 11.5. The van der Waals surface area contributed by atoms with Crippen LogP contribution in [0.15, 0.2) is 42.5 Å². The van der Waals surface area contributed by atoms with Crippen LogP contribution in [0.4, 0.5) is 8.78 Å². The summed E-state index contributed by atoms with van der Waals surface area (Å²) >= 11 is 0. The molecule has 0 aliphatic heterocycles. The van der Waals surface area contributed by atoms with Gasteiger partial charge in [-0.25, -0.2) is 8.78 Å². The highest BCUT2D eigenvalue weighted by atomic mass is 19.2. The van der Waals surface area contributed by atoms with Crippen molar-refractivity contribution < 1.29 is 13.5 Å². The third kappa shape index (κ3) is 4.03. The van der Waals surface area contributed by atoms with Crippen LogP contribution in [0.3, 0.4) is 0 Å².